The van der Waals surface area contributed by atoms with Crippen LogP contribution in [0.3, 0.4) is 0 Å². The van der Waals surface area contributed by atoms with Gasteiger partial charge >= 0.3 is 0 Å². The van der Waals surface area contributed by atoms with Gasteiger partial charge in [0, 0.05) is 19.0 Å². The van der Waals surface area contributed by atoms with Gasteiger partial charge in [-0.1, -0.05) is 44.4 Å². The first-order valence-corrected chi connectivity index (χ1v) is 8.14. The fourth-order valence-electron chi connectivity index (χ4n) is 3.07. The summed E-state index contributed by atoms with van der Waals surface area (Å²) in [6, 6.07) is 6.19. The number of hydrogen-bond donors (Lipinski definition) is 0. The molecule has 2 rings (SSSR count). The molecule has 0 unspecified atom stereocenters. The van der Waals surface area contributed by atoms with Crippen molar-refractivity contribution < 1.29 is 0 Å². The first-order chi connectivity index (χ1) is 9.14. The number of halogens is 2. The summed E-state index contributed by atoms with van der Waals surface area (Å²) in [7, 11) is 0. The minimum Gasteiger partial charge on any atom is -0.370 e. The van der Waals surface area contributed by atoms with E-state index in [2.05, 4.69) is 30.9 Å². The largest absolute Gasteiger partial charge is 0.370 e. The summed E-state index contributed by atoms with van der Waals surface area (Å²) in [5.41, 5.74) is 2.80. The van der Waals surface area contributed by atoms with Gasteiger partial charge in [0.15, 0.2) is 0 Å². The van der Waals surface area contributed by atoms with Crippen molar-refractivity contribution in [1.29, 1.82) is 0 Å². The highest BCUT2D eigenvalue weighted by Gasteiger charge is 2.31. The maximum absolute atomic E-state index is 6.38. The second-order valence-corrected chi connectivity index (χ2v) is 6.29. The summed E-state index contributed by atoms with van der Waals surface area (Å²) in [5.74, 6) is 0.523. The van der Waals surface area contributed by atoms with Crippen molar-refractivity contribution in [3.63, 3.8) is 0 Å². The van der Waals surface area contributed by atoms with E-state index < -0.39 is 0 Å². The van der Waals surface area contributed by atoms with Crippen LogP contribution in [-0.2, 0) is 5.88 Å². The molecule has 1 aromatic carbocycles. The molecule has 0 N–H and O–H groups in total. The third-order valence-electron chi connectivity index (χ3n) is 4.83. The van der Waals surface area contributed by atoms with Crippen LogP contribution in [0.25, 0.3) is 0 Å². The minimum absolute atomic E-state index is 0.523. The van der Waals surface area contributed by atoms with Crippen LogP contribution in [0.4, 0.5) is 5.69 Å². The van der Waals surface area contributed by atoms with Gasteiger partial charge in [-0.3, -0.25) is 0 Å². The quantitative estimate of drug-likeness (QED) is 0.665. The third kappa shape index (κ3) is 3.20. The average molecular weight is 300 g/mol. The van der Waals surface area contributed by atoms with Crippen LogP contribution in [0.2, 0.25) is 5.02 Å². The maximum atomic E-state index is 6.38. The molecule has 1 aliphatic heterocycles. The zero-order chi connectivity index (χ0) is 13.9. The highest BCUT2D eigenvalue weighted by molar-refractivity contribution is 6.33. The Bertz CT molecular complexity index is 417. The lowest BCUT2D eigenvalue weighted by atomic mass is 9.74. The molecule has 19 heavy (non-hydrogen) atoms. The fourth-order valence-corrected chi connectivity index (χ4v) is 3.56. The Morgan fingerprint density at radius 1 is 1.16 bits per heavy atom. The fraction of sp³-hybridized carbons (Fsp3) is 0.625. The zero-order valence-corrected chi connectivity index (χ0v) is 13.4. The molecule has 1 saturated heterocycles. The first kappa shape index (κ1) is 15.0. The molecule has 1 aliphatic rings. The first-order valence-electron chi connectivity index (χ1n) is 7.23. The molecule has 106 valence electrons. The number of benzene rings is 1. The Morgan fingerprint density at radius 2 is 1.79 bits per heavy atom. The Balaban J connectivity index is 2.09. The molecule has 0 bridgehead atoms. The zero-order valence-electron chi connectivity index (χ0n) is 11.9. The third-order valence-corrected chi connectivity index (χ3v) is 5.44. The van der Waals surface area contributed by atoms with Crippen LogP contribution in [0.5, 0.6) is 0 Å². The number of rotatable bonds is 4. The van der Waals surface area contributed by atoms with Gasteiger partial charge in [-0.25, -0.2) is 0 Å². The molecule has 0 aromatic heterocycles. The van der Waals surface area contributed by atoms with Crippen LogP contribution in [0, 0.1) is 5.41 Å². The molecule has 1 fully saturated rings. The second-order valence-electron chi connectivity index (χ2n) is 5.61. The van der Waals surface area contributed by atoms with Crippen LogP contribution >= 0.6 is 23.2 Å². The molecule has 0 aliphatic carbocycles. The lowest BCUT2D eigenvalue weighted by molar-refractivity contribution is 0.199. The standard InChI is InChI=1S/C16H23Cl2N/c1-3-16(4-2)7-9-19(10-8-16)15-6-5-13(12-17)11-14(15)18/h5-6,11H,3-4,7-10,12H2,1-2H3. The molecule has 0 amide bonds. The van der Waals surface area contributed by atoms with Gasteiger partial charge < -0.3 is 4.90 Å². The molecular formula is C16H23Cl2N. The van der Waals surface area contributed by atoms with Crippen molar-refractivity contribution in [2.24, 2.45) is 5.41 Å². The van der Waals surface area contributed by atoms with Crippen LogP contribution in [0.1, 0.15) is 45.1 Å². The number of piperidine rings is 1. The summed E-state index contributed by atoms with van der Waals surface area (Å²) in [5, 5.41) is 0.832. The van der Waals surface area contributed by atoms with E-state index in [4.69, 9.17) is 23.2 Å². The highest BCUT2D eigenvalue weighted by Crippen LogP contribution is 2.40. The van der Waals surface area contributed by atoms with Crippen LogP contribution in [-0.4, -0.2) is 13.1 Å². The van der Waals surface area contributed by atoms with Crippen LogP contribution in [0.15, 0.2) is 18.2 Å². The molecule has 0 atom stereocenters. The predicted octanol–water partition coefficient (Wildman–Crippen LogP) is 5.49. The van der Waals surface area contributed by atoms with Gasteiger partial charge in [-0.05, 0) is 36.0 Å². The summed E-state index contributed by atoms with van der Waals surface area (Å²) < 4.78 is 0. The highest BCUT2D eigenvalue weighted by atomic mass is 35.5. The van der Waals surface area contributed by atoms with Gasteiger partial charge in [-0.2, -0.15) is 0 Å². The van der Waals surface area contributed by atoms with E-state index in [9.17, 15) is 0 Å². The van der Waals surface area contributed by atoms with Crippen molar-refractivity contribution in [3.05, 3.63) is 28.8 Å². The van der Waals surface area contributed by atoms with Gasteiger partial charge in [0.2, 0.25) is 0 Å². The molecule has 1 heterocycles. The van der Waals surface area contributed by atoms with E-state index in [1.165, 1.54) is 25.7 Å². The topological polar surface area (TPSA) is 3.24 Å². The molecule has 0 radical (unpaired) electrons. The Hall–Kier alpha value is -0.400. The monoisotopic (exact) mass is 299 g/mol. The second kappa shape index (κ2) is 6.37. The SMILES string of the molecule is CCC1(CC)CCN(c2ccc(CCl)cc2Cl)CC1. The van der Waals surface area contributed by atoms with Crippen molar-refractivity contribution in [2.75, 3.05) is 18.0 Å². The van der Waals surface area contributed by atoms with Crippen molar-refractivity contribution in [2.45, 2.75) is 45.4 Å². The Morgan fingerprint density at radius 3 is 2.26 bits per heavy atom. The van der Waals surface area contributed by atoms with Gasteiger partial charge in [0.05, 0.1) is 10.7 Å². The molecule has 3 heteroatoms. The van der Waals surface area contributed by atoms with E-state index in [1.54, 1.807) is 0 Å². The number of hydrogen-bond acceptors (Lipinski definition) is 1. The summed E-state index contributed by atoms with van der Waals surface area (Å²) in [4.78, 5) is 2.42. The van der Waals surface area contributed by atoms with E-state index >= 15 is 0 Å². The van der Waals surface area contributed by atoms with Gasteiger partial charge in [0.1, 0.15) is 0 Å². The number of alkyl halides is 1. The lowest BCUT2D eigenvalue weighted by Gasteiger charge is -2.42. The van der Waals surface area contributed by atoms with E-state index in [0.29, 0.717) is 11.3 Å². The van der Waals surface area contributed by atoms with Gasteiger partial charge in [-0.15, -0.1) is 11.6 Å². The van der Waals surface area contributed by atoms with E-state index in [-0.39, 0.29) is 0 Å². The molecule has 1 aromatic rings. The number of nitrogens with zero attached hydrogens (tertiary/aromatic N) is 1. The van der Waals surface area contributed by atoms with E-state index in [0.717, 1.165) is 29.4 Å². The lowest BCUT2D eigenvalue weighted by Crippen LogP contribution is -2.39. The van der Waals surface area contributed by atoms with E-state index in [1.807, 2.05) is 6.07 Å². The predicted molar refractivity (Wildman–Crippen MR) is 85.5 cm³/mol. The molecular weight excluding hydrogens is 277 g/mol. The van der Waals surface area contributed by atoms with Crippen molar-refractivity contribution in [1.82, 2.24) is 0 Å². The molecule has 1 nitrogen and oxygen atoms in total. The smallest absolute Gasteiger partial charge is 0.0642 e. The Kier molecular flexibility index (Phi) is 5.03. The molecule has 0 saturated carbocycles. The van der Waals surface area contributed by atoms with Gasteiger partial charge in [0.25, 0.3) is 0 Å². The maximum Gasteiger partial charge on any atom is 0.0642 e. The average Bonchev–Trinajstić information content (AvgIpc) is 2.47. The normalized spacial score (nSPS) is 18.6. The molecule has 0 spiro atoms. The minimum atomic E-state index is 0.523. The Labute approximate surface area is 126 Å². The van der Waals surface area contributed by atoms with Crippen molar-refractivity contribution in [3.8, 4) is 0 Å². The van der Waals surface area contributed by atoms with Crippen molar-refractivity contribution >= 4 is 28.9 Å². The summed E-state index contributed by atoms with van der Waals surface area (Å²) >= 11 is 12.2. The van der Waals surface area contributed by atoms with Crippen LogP contribution < -0.4 is 4.90 Å². The summed E-state index contributed by atoms with van der Waals surface area (Å²) in [6.45, 7) is 6.87. The number of anilines is 1. The summed E-state index contributed by atoms with van der Waals surface area (Å²) in [6.07, 6.45) is 5.12.